The smallest absolute Gasteiger partial charge is 0.410 e. The monoisotopic (exact) mass is 310 g/mol. The number of methoxy groups -OCH3 is 1. The highest BCUT2D eigenvalue weighted by Gasteiger charge is 2.27. The highest BCUT2D eigenvalue weighted by Crippen LogP contribution is 2.19. The van der Waals surface area contributed by atoms with Crippen LogP contribution >= 0.6 is 0 Å². The Morgan fingerprint density at radius 2 is 2.18 bits per heavy atom. The maximum absolute atomic E-state index is 12.3. The second-order valence-corrected chi connectivity index (χ2v) is 6.87. The van der Waals surface area contributed by atoms with Crippen LogP contribution in [0, 0.1) is 18.3 Å². The normalized spacial score (nSPS) is 19.5. The summed E-state index contributed by atoms with van der Waals surface area (Å²) in [7, 11) is 1.64. The molecule has 126 valence electrons. The van der Waals surface area contributed by atoms with Crippen molar-refractivity contribution in [3.63, 3.8) is 0 Å². The first-order valence-corrected chi connectivity index (χ1v) is 7.98. The summed E-state index contributed by atoms with van der Waals surface area (Å²) in [6.07, 6.45) is 7.37. The van der Waals surface area contributed by atoms with Crippen LogP contribution in [0.1, 0.15) is 33.6 Å². The molecule has 0 aromatic rings. The quantitative estimate of drug-likeness (QED) is 0.706. The van der Waals surface area contributed by atoms with E-state index in [0.717, 1.165) is 25.9 Å². The maximum Gasteiger partial charge on any atom is 0.410 e. The molecule has 1 rings (SSSR count). The molecule has 1 fully saturated rings. The molecule has 1 heterocycles. The Kier molecular flexibility index (Phi) is 7.70. The summed E-state index contributed by atoms with van der Waals surface area (Å²) in [5.74, 6) is 3.14. The van der Waals surface area contributed by atoms with Crippen LogP contribution in [0.5, 0.6) is 0 Å². The fraction of sp³-hybridized carbons (Fsp3) is 0.824. The number of likely N-dealkylation sites (tertiary alicyclic amines) is 1. The highest BCUT2D eigenvalue weighted by atomic mass is 16.6. The van der Waals surface area contributed by atoms with Crippen molar-refractivity contribution in [1.82, 2.24) is 9.80 Å². The van der Waals surface area contributed by atoms with Gasteiger partial charge in [-0.25, -0.2) is 4.79 Å². The van der Waals surface area contributed by atoms with E-state index in [1.165, 1.54) is 0 Å². The first-order chi connectivity index (χ1) is 10.4. The molecule has 0 saturated carbocycles. The molecule has 1 aliphatic heterocycles. The van der Waals surface area contributed by atoms with Crippen LogP contribution in [0.2, 0.25) is 0 Å². The van der Waals surface area contributed by atoms with Gasteiger partial charge in [0.25, 0.3) is 0 Å². The number of hydrogen-bond acceptors (Lipinski definition) is 4. The predicted octanol–water partition coefficient (Wildman–Crippen LogP) is 2.22. The molecular formula is C17H30N2O3. The molecule has 5 nitrogen and oxygen atoms in total. The number of ether oxygens (including phenoxy) is 2. The third-order valence-corrected chi connectivity index (χ3v) is 3.61. The van der Waals surface area contributed by atoms with Gasteiger partial charge in [-0.3, -0.25) is 4.90 Å². The van der Waals surface area contributed by atoms with Crippen molar-refractivity contribution in [2.24, 2.45) is 5.92 Å². The average molecular weight is 310 g/mol. The van der Waals surface area contributed by atoms with E-state index in [-0.39, 0.29) is 6.09 Å². The number of hydrogen-bond donors (Lipinski definition) is 0. The van der Waals surface area contributed by atoms with Gasteiger partial charge in [-0.2, -0.15) is 0 Å². The first kappa shape index (κ1) is 18.8. The summed E-state index contributed by atoms with van der Waals surface area (Å²) in [6, 6.07) is 0. The first-order valence-electron chi connectivity index (χ1n) is 7.98. The van der Waals surface area contributed by atoms with E-state index in [1.807, 2.05) is 20.8 Å². The number of piperidine rings is 1. The summed E-state index contributed by atoms with van der Waals surface area (Å²) < 4.78 is 10.6. The van der Waals surface area contributed by atoms with Gasteiger partial charge in [0.2, 0.25) is 0 Å². The van der Waals surface area contributed by atoms with Crippen LogP contribution in [-0.2, 0) is 9.47 Å². The van der Waals surface area contributed by atoms with Gasteiger partial charge in [-0.1, -0.05) is 5.92 Å². The van der Waals surface area contributed by atoms with E-state index >= 15 is 0 Å². The second kappa shape index (κ2) is 9.02. The number of terminal acetylenes is 1. The van der Waals surface area contributed by atoms with E-state index in [9.17, 15) is 4.79 Å². The lowest BCUT2D eigenvalue weighted by atomic mass is 9.97. The zero-order chi connectivity index (χ0) is 16.6. The Bertz CT molecular complexity index is 384. The van der Waals surface area contributed by atoms with Crippen LogP contribution in [0.15, 0.2) is 0 Å². The number of nitrogens with zero attached hydrogens (tertiary/aromatic N) is 2. The molecule has 1 amide bonds. The Labute approximate surface area is 134 Å². The molecule has 1 atom stereocenters. The number of carbonyl (C=O) groups excluding carboxylic acids is 1. The fourth-order valence-corrected chi connectivity index (χ4v) is 2.67. The van der Waals surface area contributed by atoms with Gasteiger partial charge in [-0.15, -0.1) is 6.42 Å². The zero-order valence-electron chi connectivity index (χ0n) is 14.4. The minimum Gasteiger partial charge on any atom is -0.444 e. The van der Waals surface area contributed by atoms with Gasteiger partial charge in [-0.05, 0) is 46.1 Å². The van der Waals surface area contributed by atoms with Crippen molar-refractivity contribution in [3.05, 3.63) is 0 Å². The van der Waals surface area contributed by atoms with Gasteiger partial charge < -0.3 is 14.4 Å². The van der Waals surface area contributed by atoms with Crippen LogP contribution < -0.4 is 0 Å². The highest BCUT2D eigenvalue weighted by molar-refractivity contribution is 5.68. The molecule has 0 bridgehead atoms. The van der Waals surface area contributed by atoms with E-state index in [4.69, 9.17) is 15.9 Å². The fourth-order valence-electron chi connectivity index (χ4n) is 2.67. The van der Waals surface area contributed by atoms with E-state index in [0.29, 0.717) is 32.2 Å². The molecule has 22 heavy (non-hydrogen) atoms. The van der Waals surface area contributed by atoms with Crippen LogP contribution in [-0.4, -0.2) is 67.9 Å². The molecule has 0 N–H and O–H groups in total. The topological polar surface area (TPSA) is 42.0 Å². The van der Waals surface area contributed by atoms with Gasteiger partial charge in [0.15, 0.2) is 0 Å². The number of rotatable bonds is 6. The van der Waals surface area contributed by atoms with Gasteiger partial charge in [0, 0.05) is 26.7 Å². The number of carbonyl (C=O) groups is 1. The summed E-state index contributed by atoms with van der Waals surface area (Å²) in [5, 5.41) is 0. The summed E-state index contributed by atoms with van der Waals surface area (Å²) >= 11 is 0. The Morgan fingerprint density at radius 1 is 1.45 bits per heavy atom. The summed E-state index contributed by atoms with van der Waals surface area (Å²) in [5.41, 5.74) is -0.482. The lowest BCUT2D eigenvalue weighted by molar-refractivity contribution is 0.0139. The van der Waals surface area contributed by atoms with Crippen molar-refractivity contribution in [1.29, 1.82) is 0 Å². The third-order valence-electron chi connectivity index (χ3n) is 3.61. The predicted molar refractivity (Wildman–Crippen MR) is 87.7 cm³/mol. The summed E-state index contributed by atoms with van der Waals surface area (Å²) in [6.45, 7) is 10.1. The van der Waals surface area contributed by atoms with Crippen molar-refractivity contribution in [2.45, 2.75) is 39.2 Å². The largest absolute Gasteiger partial charge is 0.444 e. The Morgan fingerprint density at radius 3 is 2.77 bits per heavy atom. The van der Waals surface area contributed by atoms with Crippen molar-refractivity contribution in [2.75, 3.05) is 46.4 Å². The molecule has 0 spiro atoms. The van der Waals surface area contributed by atoms with Crippen molar-refractivity contribution >= 4 is 6.09 Å². The van der Waals surface area contributed by atoms with Crippen LogP contribution in [0.25, 0.3) is 0 Å². The molecule has 0 aromatic heterocycles. The summed E-state index contributed by atoms with van der Waals surface area (Å²) in [4.78, 5) is 16.4. The maximum atomic E-state index is 12.3. The molecule has 5 heteroatoms. The van der Waals surface area contributed by atoms with Gasteiger partial charge in [0.05, 0.1) is 13.2 Å². The Hall–Kier alpha value is -1.25. The lowest BCUT2D eigenvalue weighted by Gasteiger charge is -2.35. The Balaban J connectivity index is 2.60. The minimum atomic E-state index is -0.482. The SMILES string of the molecule is C#CCN1CCCC(CN(CCOC)C(=O)OC(C)(C)C)C1. The van der Waals surface area contributed by atoms with Gasteiger partial charge >= 0.3 is 6.09 Å². The average Bonchev–Trinajstić information content (AvgIpc) is 2.42. The molecule has 0 aromatic carbocycles. The van der Waals surface area contributed by atoms with E-state index in [1.54, 1.807) is 12.0 Å². The third kappa shape index (κ3) is 7.15. The zero-order valence-corrected chi connectivity index (χ0v) is 14.4. The van der Waals surface area contributed by atoms with Crippen molar-refractivity contribution in [3.8, 4) is 12.3 Å². The minimum absolute atomic E-state index is 0.265. The molecule has 1 unspecified atom stereocenters. The second-order valence-electron chi connectivity index (χ2n) is 6.87. The molecule has 1 saturated heterocycles. The standard InChI is InChI=1S/C17H30N2O3/c1-6-9-18-10-7-8-15(13-18)14-19(11-12-21-5)16(20)22-17(2,3)4/h1,15H,7-14H2,2-5H3. The lowest BCUT2D eigenvalue weighted by Crippen LogP contribution is -2.45. The molecule has 0 radical (unpaired) electrons. The molecule has 0 aliphatic carbocycles. The van der Waals surface area contributed by atoms with Gasteiger partial charge in [0.1, 0.15) is 5.60 Å². The van der Waals surface area contributed by atoms with Crippen LogP contribution in [0.3, 0.4) is 0 Å². The molecular weight excluding hydrogens is 280 g/mol. The number of amides is 1. The molecule has 1 aliphatic rings. The van der Waals surface area contributed by atoms with Crippen molar-refractivity contribution < 1.29 is 14.3 Å². The van der Waals surface area contributed by atoms with Crippen LogP contribution in [0.4, 0.5) is 4.79 Å². The van der Waals surface area contributed by atoms with E-state index in [2.05, 4.69) is 10.8 Å². The van der Waals surface area contributed by atoms with E-state index < -0.39 is 5.60 Å².